The lowest BCUT2D eigenvalue weighted by atomic mass is 10.2. The topological polar surface area (TPSA) is 41.1 Å². The second kappa shape index (κ2) is 4.11. The molecule has 1 atom stereocenters. The third-order valence-electron chi connectivity index (χ3n) is 2.56. The van der Waals surface area contributed by atoms with Gasteiger partial charge in [0.25, 0.3) is 0 Å². The van der Waals surface area contributed by atoms with Crippen LogP contribution in [0.1, 0.15) is 6.42 Å². The molecule has 5 heteroatoms. The second-order valence-electron chi connectivity index (χ2n) is 3.47. The minimum Gasteiger partial charge on any atom is -0.354 e. The van der Waals surface area contributed by atoms with Crippen molar-refractivity contribution in [3.63, 3.8) is 0 Å². The maximum absolute atomic E-state index is 5.67. The molecule has 0 amide bonds. The molecule has 0 bridgehead atoms. The highest BCUT2D eigenvalue weighted by atomic mass is 35.5. The van der Waals surface area contributed by atoms with Crippen molar-refractivity contribution in [2.24, 2.45) is 0 Å². The van der Waals surface area contributed by atoms with E-state index < -0.39 is 0 Å². The molecule has 1 N–H and O–H groups in total. The Labute approximate surface area is 88.3 Å². The number of halogens is 1. The van der Waals surface area contributed by atoms with Gasteiger partial charge in [-0.25, -0.2) is 0 Å². The summed E-state index contributed by atoms with van der Waals surface area (Å²) in [5, 5.41) is 11.6. The molecule has 4 nitrogen and oxygen atoms in total. The SMILES string of the molecule is CN(c1ccc(Cl)nn1)C1CCNC1. The van der Waals surface area contributed by atoms with Crippen molar-refractivity contribution in [3.8, 4) is 0 Å². The zero-order valence-corrected chi connectivity index (χ0v) is 8.83. The van der Waals surface area contributed by atoms with E-state index in [4.69, 9.17) is 11.6 Å². The summed E-state index contributed by atoms with van der Waals surface area (Å²) in [4.78, 5) is 2.14. The summed E-state index contributed by atoms with van der Waals surface area (Å²) in [7, 11) is 2.04. The predicted molar refractivity (Wildman–Crippen MR) is 56.7 cm³/mol. The summed E-state index contributed by atoms with van der Waals surface area (Å²) in [6.07, 6.45) is 1.15. The number of rotatable bonds is 2. The Morgan fingerprint density at radius 1 is 1.50 bits per heavy atom. The number of aromatic nitrogens is 2. The Morgan fingerprint density at radius 3 is 2.93 bits per heavy atom. The molecule has 1 unspecified atom stereocenters. The van der Waals surface area contributed by atoms with Crippen molar-refractivity contribution in [2.45, 2.75) is 12.5 Å². The van der Waals surface area contributed by atoms with E-state index >= 15 is 0 Å². The highest BCUT2D eigenvalue weighted by Gasteiger charge is 2.20. The van der Waals surface area contributed by atoms with Gasteiger partial charge >= 0.3 is 0 Å². The zero-order chi connectivity index (χ0) is 9.97. The van der Waals surface area contributed by atoms with Crippen molar-refractivity contribution >= 4 is 17.4 Å². The van der Waals surface area contributed by atoms with Crippen molar-refractivity contribution in [3.05, 3.63) is 17.3 Å². The first-order valence-corrected chi connectivity index (χ1v) is 5.08. The van der Waals surface area contributed by atoms with Crippen LogP contribution in [0.25, 0.3) is 0 Å². The molecule has 0 spiro atoms. The van der Waals surface area contributed by atoms with E-state index in [0.29, 0.717) is 11.2 Å². The molecule has 0 aromatic carbocycles. The normalized spacial score (nSPS) is 21.1. The lowest BCUT2D eigenvalue weighted by molar-refractivity contribution is 0.672. The van der Waals surface area contributed by atoms with Crippen molar-refractivity contribution in [1.82, 2.24) is 15.5 Å². The van der Waals surface area contributed by atoms with E-state index in [-0.39, 0.29) is 0 Å². The lowest BCUT2D eigenvalue weighted by Gasteiger charge is -2.23. The lowest BCUT2D eigenvalue weighted by Crippen LogP contribution is -2.33. The second-order valence-corrected chi connectivity index (χ2v) is 3.86. The molecular formula is C9H13ClN4. The zero-order valence-electron chi connectivity index (χ0n) is 8.07. The molecule has 2 heterocycles. The van der Waals surface area contributed by atoms with Crippen LogP contribution in [0.5, 0.6) is 0 Å². The molecule has 1 aliphatic rings. The van der Waals surface area contributed by atoms with Gasteiger partial charge < -0.3 is 10.2 Å². The largest absolute Gasteiger partial charge is 0.354 e. The van der Waals surface area contributed by atoms with Gasteiger partial charge in [0.2, 0.25) is 0 Å². The minimum absolute atomic E-state index is 0.437. The molecule has 1 aromatic heterocycles. The van der Waals surface area contributed by atoms with Crippen LogP contribution in [0.4, 0.5) is 5.82 Å². The standard InChI is InChI=1S/C9H13ClN4/c1-14(7-4-5-11-6-7)9-3-2-8(10)12-13-9/h2-3,7,11H,4-6H2,1H3. The van der Waals surface area contributed by atoms with Gasteiger partial charge in [-0.05, 0) is 25.1 Å². The highest BCUT2D eigenvalue weighted by molar-refractivity contribution is 6.29. The Bertz CT molecular complexity index is 294. The van der Waals surface area contributed by atoms with Crippen LogP contribution in [-0.4, -0.2) is 36.4 Å². The summed E-state index contributed by atoms with van der Waals surface area (Å²) in [6.45, 7) is 2.09. The first kappa shape index (κ1) is 9.68. The van der Waals surface area contributed by atoms with Gasteiger partial charge in [0.1, 0.15) is 0 Å². The fourth-order valence-electron chi connectivity index (χ4n) is 1.65. The molecule has 2 rings (SSSR count). The van der Waals surface area contributed by atoms with Crippen molar-refractivity contribution < 1.29 is 0 Å². The molecule has 1 aliphatic heterocycles. The number of likely N-dealkylation sites (N-methyl/N-ethyl adjacent to an activating group) is 1. The smallest absolute Gasteiger partial charge is 0.151 e. The minimum atomic E-state index is 0.437. The average molecular weight is 213 g/mol. The van der Waals surface area contributed by atoms with Crippen LogP contribution >= 0.6 is 11.6 Å². The fraction of sp³-hybridized carbons (Fsp3) is 0.556. The maximum atomic E-state index is 5.67. The Kier molecular flexibility index (Phi) is 2.84. The van der Waals surface area contributed by atoms with E-state index in [0.717, 1.165) is 25.3 Å². The van der Waals surface area contributed by atoms with Gasteiger partial charge in [-0.2, -0.15) is 0 Å². The molecule has 76 valence electrons. The number of nitrogens with zero attached hydrogens (tertiary/aromatic N) is 3. The molecule has 0 radical (unpaired) electrons. The fourth-order valence-corrected chi connectivity index (χ4v) is 1.75. The van der Waals surface area contributed by atoms with Crippen LogP contribution in [-0.2, 0) is 0 Å². The molecule has 0 aliphatic carbocycles. The first-order chi connectivity index (χ1) is 6.77. The van der Waals surface area contributed by atoms with Gasteiger partial charge in [0.15, 0.2) is 11.0 Å². The van der Waals surface area contributed by atoms with Gasteiger partial charge in [0, 0.05) is 19.6 Å². The van der Waals surface area contributed by atoms with Crippen LogP contribution in [0, 0.1) is 0 Å². The summed E-state index contributed by atoms with van der Waals surface area (Å²) in [5.74, 6) is 0.878. The number of hydrogen-bond acceptors (Lipinski definition) is 4. The van der Waals surface area contributed by atoms with Gasteiger partial charge in [-0.1, -0.05) is 11.6 Å². The van der Waals surface area contributed by atoms with Crippen LogP contribution in [0.15, 0.2) is 12.1 Å². The van der Waals surface area contributed by atoms with Gasteiger partial charge in [-0.15, -0.1) is 10.2 Å². The molecule has 1 aromatic rings. The molecular weight excluding hydrogens is 200 g/mol. The van der Waals surface area contributed by atoms with Crippen LogP contribution in [0.2, 0.25) is 5.15 Å². The van der Waals surface area contributed by atoms with Crippen molar-refractivity contribution in [2.75, 3.05) is 25.0 Å². The number of nitrogens with one attached hydrogen (secondary N) is 1. The molecule has 1 saturated heterocycles. The number of anilines is 1. The molecule has 0 saturated carbocycles. The first-order valence-electron chi connectivity index (χ1n) is 4.70. The predicted octanol–water partition coefficient (Wildman–Crippen LogP) is 0.928. The third-order valence-corrected chi connectivity index (χ3v) is 2.76. The summed E-state index contributed by atoms with van der Waals surface area (Å²) in [5.41, 5.74) is 0. The summed E-state index contributed by atoms with van der Waals surface area (Å²) in [6, 6.07) is 4.18. The summed E-state index contributed by atoms with van der Waals surface area (Å²) < 4.78 is 0. The van der Waals surface area contributed by atoms with E-state index in [1.165, 1.54) is 0 Å². The summed E-state index contributed by atoms with van der Waals surface area (Å²) >= 11 is 5.67. The van der Waals surface area contributed by atoms with E-state index in [1.54, 1.807) is 6.07 Å². The quantitative estimate of drug-likeness (QED) is 0.792. The molecule has 1 fully saturated rings. The van der Waals surface area contributed by atoms with Gasteiger partial charge in [-0.3, -0.25) is 0 Å². The van der Waals surface area contributed by atoms with E-state index in [9.17, 15) is 0 Å². The Morgan fingerprint density at radius 2 is 2.36 bits per heavy atom. The molecule has 14 heavy (non-hydrogen) atoms. The maximum Gasteiger partial charge on any atom is 0.151 e. The third kappa shape index (κ3) is 1.96. The average Bonchev–Trinajstić information content (AvgIpc) is 2.71. The van der Waals surface area contributed by atoms with Gasteiger partial charge in [0.05, 0.1) is 0 Å². The Hall–Kier alpha value is -0.870. The van der Waals surface area contributed by atoms with Crippen molar-refractivity contribution in [1.29, 1.82) is 0 Å². The van der Waals surface area contributed by atoms with Crippen LogP contribution < -0.4 is 10.2 Å². The van der Waals surface area contributed by atoms with Crippen LogP contribution in [0.3, 0.4) is 0 Å². The van der Waals surface area contributed by atoms with E-state index in [2.05, 4.69) is 20.4 Å². The van der Waals surface area contributed by atoms with E-state index in [1.807, 2.05) is 13.1 Å². The highest BCUT2D eigenvalue weighted by Crippen LogP contribution is 2.15. The monoisotopic (exact) mass is 212 g/mol. The Balaban J connectivity index is 2.09. The number of hydrogen-bond donors (Lipinski definition) is 1.